The van der Waals surface area contributed by atoms with E-state index in [-0.39, 0.29) is 31.1 Å². The molecular weight excluding hydrogens is 588 g/mol. The summed E-state index contributed by atoms with van der Waals surface area (Å²) in [6.07, 6.45) is 32.6. The van der Waals surface area contributed by atoms with Gasteiger partial charge in [0.2, 0.25) is 0 Å². The fourth-order valence-corrected chi connectivity index (χ4v) is 5.92. The van der Waals surface area contributed by atoms with Gasteiger partial charge in [-0.3, -0.25) is 14.4 Å². The van der Waals surface area contributed by atoms with Crippen molar-refractivity contribution in [1.82, 2.24) is 0 Å². The number of unbranched alkanes of at least 4 members (excludes halogenated alkanes) is 23. The molecule has 0 saturated heterocycles. The lowest BCUT2D eigenvalue weighted by Crippen LogP contribution is -2.30. The second kappa shape index (κ2) is 35.7. The first-order chi connectivity index (χ1) is 22.9. The summed E-state index contributed by atoms with van der Waals surface area (Å²) < 4.78 is 16.5. The van der Waals surface area contributed by atoms with Crippen LogP contribution in [-0.4, -0.2) is 37.2 Å². The molecule has 0 amide bonds. The summed E-state index contributed by atoms with van der Waals surface area (Å²) in [4.78, 5) is 37.3. The molecule has 6 heteroatoms. The van der Waals surface area contributed by atoms with E-state index >= 15 is 0 Å². The Balaban J connectivity index is 4.25. The normalized spacial score (nSPS) is 11.9. The lowest BCUT2D eigenvalue weighted by Gasteiger charge is -2.18. The van der Waals surface area contributed by atoms with Crippen LogP contribution in [0.2, 0.25) is 0 Å². The standard InChI is InChI=1S/C41H78O6/c1-5-7-9-11-12-13-14-15-18-21-25-29-33-40(43)46-36-38(35-45-39(42)32-28-23-10-8-6-2)47-41(44)34-30-26-22-19-16-17-20-24-27-31-37(3)4/h37-38H,5-36H2,1-4H3/t38-/m1/s1. The first-order valence-electron chi connectivity index (χ1n) is 20.4. The lowest BCUT2D eigenvalue weighted by atomic mass is 10.0. The van der Waals surface area contributed by atoms with Gasteiger partial charge in [-0.1, -0.05) is 182 Å². The van der Waals surface area contributed by atoms with Gasteiger partial charge in [-0.15, -0.1) is 0 Å². The van der Waals surface area contributed by atoms with Crippen LogP contribution in [0.4, 0.5) is 0 Å². The summed E-state index contributed by atoms with van der Waals surface area (Å²) in [5.74, 6) is -0.0700. The van der Waals surface area contributed by atoms with E-state index in [1.54, 1.807) is 0 Å². The molecular formula is C41H78O6. The average molecular weight is 667 g/mol. The molecule has 0 bridgehead atoms. The fourth-order valence-electron chi connectivity index (χ4n) is 5.92. The Morgan fingerprint density at radius 2 is 0.702 bits per heavy atom. The van der Waals surface area contributed by atoms with E-state index in [9.17, 15) is 14.4 Å². The molecule has 0 aliphatic carbocycles. The van der Waals surface area contributed by atoms with Gasteiger partial charge >= 0.3 is 17.9 Å². The zero-order valence-electron chi connectivity index (χ0n) is 31.7. The van der Waals surface area contributed by atoms with Crippen molar-refractivity contribution in [2.75, 3.05) is 13.2 Å². The smallest absolute Gasteiger partial charge is 0.306 e. The fraction of sp³-hybridized carbons (Fsp3) is 0.927. The van der Waals surface area contributed by atoms with Crippen molar-refractivity contribution in [2.45, 2.75) is 226 Å². The maximum absolute atomic E-state index is 12.6. The van der Waals surface area contributed by atoms with Crippen LogP contribution in [0.25, 0.3) is 0 Å². The first-order valence-corrected chi connectivity index (χ1v) is 20.4. The number of carbonyl (C=O) groups excluding carboxylic acids is 3. The highest BCUT2D eigenvalue weighted by Gasteiger charge is 2.19. The van der Waals surface area contributed by atoms with Crippen molar-refractivity contribution in [3.8, 4) is 0 Å². The molecule has 278 valence electrons. The molecule has 0 aliphatic heterocycles. The van der Waals surface area contributed by atoms with Gasteiger partial charge in [-0.05, 0) is 25.2 Å². The Morgan fingerprint density at radius 3 is 1.04 bits per heavy atom. The molecule has 0 radical (unpaired) electrons. The van der Waals surface area contributed by atoms with Crippen LogP contribution < -0.4 is 0 Å². The van der Waals surface area contributed by atoms with Crippen molar-refractivity contribution in [2.24, 2.45) is 5.92 Å². The van der Waals surface area contributed by atoms with Crippen LogP contribution in [0.3, 0.4) is 0 Å². The van der Waals surface area contributed by atoms with Gasteiger partial charge in [0.05, 0.1) is 0 Å². The Morgan fingerprint density at radius 1 is 0.404 bits per heavy atom. The van der Waals surface area contributed by atoms with E-state index in [0.29, 0.717) is 19.3 Å². The summed E-state index contributed by atoms with van der Waals surface area (Å²) in [6.45, 7) is 8.87. The largest absolute Gasteiger partial charge is 0.462 e. The maximum Gasteiger partial charge on any atom is 0.306 e. The van der Waals surface area contributed by atoms with Gasteiger partial charge in [0.15, 0.2) is 6.10 Å². The second-order valence-corrected chi connectivity index (χ2v) is 14.4. The van der Waals surface area contributed by atoms with E-state index in [1.165, 1.54) is 109 Å². The van der Waals surface area contributed by atoms with Crippen LogP contribution in [0.5, 0.6) is 0 Å². The maximum atomic E-state index is 12.6. The van der Waals surface area contributed by atoms with Gasteiger partial charge in [-0.2, -0.15) is 0 Å². The van der Waals surface area contributed by atoms with E-state index in [4.69, 9.17) is 14.2 Å². The van der Waals surface area contributed by atoms with Crippen molar-refractivity contribution in [1.29, 1.82) is 0 Å². The number of esters is 3. The summed E-state index contributed by atoms with van der Waals surface area (Å²) in [5, 5.41) is 0. The summed E-state index contributed by atoms with van der Waals surface area (Å²) in [5.41, 5.74) is 0. The number of ether oxygens (including phenoxy) is 3. The third-order valence-corrected chi connectivity index (χ3v) is 9.04. The Hall–Kier alpha value is -1.59. The summed E-state index contributed by atoms with van der Waals surface area (Å²) >= 11 is 0. The van der Waals surface area contributed by atoms with Gasteiger partial charge in [0.25, 0.3) is 0 Å². The first kappa shape index (κ1) is 45.4. The Labute approximate surface area is 291 Å². The van der Waals surface area contributed by atoms with E-state index < -0.39 is 6.10 Å². The molecule has 1 atom stereocenters. The van der Waals surface area contributed by atoms with Gasteiger partial charge in [0.1, 0.15) is 13.2 Å². The van der Waals surface area contributed by atoms with Crippen LogP contribution in [0.1, 0.15) is 220 Å². The van der Waals surface area contributed by atoms with Crippen molar-refractivity contribution in [3.63, 3.8) is 0 Å². The van der Waals surface area contributed by atoms with Crippen molar-refractivity contribution < 1.29 is 28.6 Å². The summed E-state index contributed by atoms with van der Waals surface area (Å²) in [7, 11) is 0. The zero-order valence-corrected chi connectivity index (χ0v) is 31.7. The highest BCUT2D eigenvalue weighted by atomic mass is 16.6. The van der Waals surface area contributed by atoms with Gasteiger partial charge in [0, 0.05) is 19.3 Å². The second-order valence-electron chi connectivity index (χ2n) is 14.4. The van der Waals surface area contributed by atoms with Crippen LogP contribution in [0, 0.1) is 5.92 Å². The third-order valence-electron chi connectivity index (χ3n) is 9.04. The molecule has 0 aromatic heterocycles. The predicted octanol–water partition coefficient (Wildman–Crippen LogP) is 12.4. The molecule has 0 unspecified atom stereocenters. The number of hydrogen-bond donors (Lipinski definition) is 0. The number of hydrogen-bond acceptors (Lipinski definition) is 6. The lowest BCUT2D eigenvalue weighted by molar-refractivity contribution is -0.167. The minimum Gasteiger partial charge on any atom is -0.462 e. The number of rotatable bonds is 36. The van der Waals surface area contributed by atoms with Crippen LogP contribution >= 0.6 is 0 Å². The average Bonchev–Trinajstić information content (AvgIpc) is 3.05. The van der Waals surface area contributed by atoms with Gasteiger partial charge < -0.3 is 14.2 Å². The predicted molar refractivity (Wildman–Crippen MR) is 196 cm³/mol. The Kier molecular flexibility index (Phi) is 34.5. The number of carbonyl (C=O) groups is 3. The molecule has 0 fully saturated rings. The highest BCUT2D eigenvalue weighted by molar-refractivity contribution is 5.71. The molecule has 0 heterocycles. The topological polar surface area (TPSA) is 78.9 Å². The van der Waals surface area contributed by atoms with Crippen LogP contribution in [-0.2, 0) is 28.6 Å². The molecule has 0 spiro atoms. The zero-order chi connectivity index (χ0) is 34.6. The van der Waals surface area contributed by atoms with Crippen molar-refractivity contribution >= 4 is 17.9 Å². The molecule has 6 nitrogen and oxygen atoms in total. The minimum absolute atomic E-state index is 0.0657. The molecule has 0 aliphatic rings. The quantitative estimate of drug-likeness (QED) is 0.0376. The summed E-state index contributed by atoms with van der Waals surface area (Å²) in [6, 6.07) is 0. The third kappa shape index (κ3) is 35.5. The van der Waals surface area contributed by atoms with Gasteiger partial charge in [-0.25, -0.2) is 0 Å². The molecule has 0 N–H and O–H groups in total. The van der Waals surface area contributed by atoms with Crippen LogP contribution in [0.15, 0.2) is 0 Å². The molecule has 0 aromatic rings. The minimum atomic E-state index is -0.756. The van der Waals surface area contributed by atoms with E-state index in [0.717, 1.165) is 70.1 Å². The highest BCUT2D eigenvalue weighted by Crippen LogP contribution is 2.15. The molecule has 0 aromatic carbocycles. The van der Waals surface area contributed by atoms with E-state index in [1.807, 2.05) is 0 Å². The monoisotopic (exact) mass is 667 g/mol. The molecule has 47 heavy (non-hydrogen) atoms. The SMILES string of the molecule is CCCCCCCCCCCCCCC(=O)OC[C@@H](COC(=O)CCCCCCC)OC(=O)CCCCCCCCCCCC(C)C. The molecule has 0 rings (SSSR count). The Bertz CT molecular complexity index is 706. The molecule has 0 saturated carbocycles. The van der Waals surface area contributed by atoms with Crippen molar-refractivity contribution in [3.05, 3.63) is 0 Å². The van der Waals surface area contributed by atoms with E-state index in [2.05, 4.69) is 27.7 Å².